The number of aromatic nitrogens is 2. The lowest BCUT2D eigenvalue weighted by Crippen LogP contribution is -2.38. The summed E-state index contributed by atoms with van der Waals surface area (Å²) in [6.45, 7) is -0.749. The number of amides is 2. The lowest BCUT2D eigenvalue weighted by atomic mass is 10.3. The third-order valence-electron chi connectivity index (χ3n) is 2.12. The van der Waals surface area contributed by atoms with Gasteiger partial charge in [0.05, 0.1) is 12.2 Å². The van der Waals surface area contributed by atoms with Gasteiger partial charge in [-0.1, -0.05) is 0 Å². The maximum atomic E-state index is 11.4. The molecule has 0 unspecified atom stereocenters. The second-order valence-corrected chi connectivity index (χ2v) is 3.60. The predicted molar refractivity (Wildman–Crippen MR) is 65.9 cm³/mol. The first-order valence-electron chi connectivity index (χ1n) is 5.41. The van der Waals surface area contributed by atoms with Crippen LogP contribution in [0.15, 0.2) is 18.3 Å². The summed E-state index contributed by atoms with van der Waals surface area (Å²) in [5.74, 6) is -2.16. The average Bonchev–Trinajstić information content (AvgIpc) is 2.77. The Kier molecular flexibility index (Phi) is 5.27. The molecule has 0 bridgehead atoms. The van der Waals surface area contributed by atoms with Gasteiger partial charge < -0.3 is 15.7 Å². The maximum absolute atomic E-state index is 11.4. The Morgan fingerprint density at radius 1 is 1.37 bits per heavy atom. The van der Waals surface area contributed by atoms with E-state index in [1.807, 2.05) is 0 Å². The number of aliphatic carboxylic acids is 1. The van der Waals surface area contributed by atoms with Crippen molar-refractivity contribution in [3.8, 4) is 0 Å². The van der Waals surface area contributed by atoms with E-state index in [-0.39, 0.29) is 6.54 Å². The smallest absolute Gasteiger partial charge is 0.322 e. The molecule has 3 N–H and O–H groups in total. The molecule has 1 aromatic heterocycles. The minimum atomic E-state index is -1.14. The Labute approximate surface area is 109 Å². The first-order chi connectivity index (χ1) is 8.99. The second kappa shape index (κ2) is 6.94. The molecule has 0 atom stereocenters. The molecule has 0 saturated heterocycles. The molecule has 0 aromatic carbocycles. The summed E-state index contributed by atoms with van der Waals surface area (Å²) in [6, 6.07) is 1.73. The van der Waals surface area contributed by atoms with Gasteiger partial charge in [-0.25, -0.2) is 0 Å². The van der Waals surface area contributed by atoms with E-state index in [0.717, 1.165) is 5.69 Å². The van der Waals surface area contributed by atoms with Crippen LogP contribution in [0.25, 0.3) is 6.08 Å². The molecule has 1 aromatic rings. The molecule has 8 heteroatoms. The highest BCUT2D eigenvalue weighted by Crippen LogP contribution is 1.98. The van der Waals surface area contributed by atoms with Gasteiger partial charge in [-0.15, -0.1) is 0 Å². The topological polar surface area (TPSA) is 113 Å². The number of carboxylic acid groups (broad SMARTS) is 1. The largest absolute Gasteiger partial charge is 0.480 e. The molecular weight excluding hydrogens is 252 g/mol. The maximum Gasteiger partial charge on any atom is 0.322 e. The van der Waals surface area contributed by atoms with Gasteiger partial charge in [0.2, 0.25) is 11.8 Å². The van der Waals surface area contributed by atoms with Crippen LogP contribution in [-0.4, -0.2) is 45.8 Å². The zero-order valence-corrected chi connectivity index (χ0v) is 10.3. The van der Waals surface area contributed by atoms with Gasteiger partial charge in [0.25, 0.3) is 0 Å². The lowest BCUT2D eigenvalue weighted by Gasteiger charge is -2.02. The number of carbonyl (C=O) groups is 3. The van der Waals surface area contributed by atoms with Crippen LogP contribution in [0.4, 0.5) is 0 Å². The third-order valence-corrected chi connectivity index (χ3v) is 2.12. The highest BCUT2D eigenvalue weighted by Gasteiger charge is 2.04. The van der Waals surface area contributed by atoms with Crippen molar-refractivity contribution in [1.29, 1.82) is 0 Å². The number of hydrogen-bond acceptors (Lipinski definition) is 4. The molecule has 0 aliphatic heterocycles. The van der Waals surface area contributed by atoms with Crippen LogP contribution in [0.2, 0.25) is 0 Å². The van der Waals surface area contributed by atoms with E-state index in [0.29, 0.717) is 0 Å². The molecule has 0 radical (unpaired) electrons. The molecule has 0 aliphatic carbocycles. The number of nitrogens with one attached hydrogen (secondary N) is 2. The monoisotopic (exact) mass is 266 g/mol. The van der Waals surface area contributed by atoms with E-state index < -0.39 is 24.3 Å². The fraction of sp³-hybridized carbons (Fsp3) is 0.273. The minimum absolute atomic E-state index is 0.276. The molecule has 8 nitrogen and oxygen atoms in total. The standard InChI is InChI=1S/C11H14N4O4/c1-15-8(4-5-14-15)2-3-9(16)12-6-10(17)13-7-11(18)19/h2-5H,6-7H2,1H3,(H,12,16)(H,13,17)(H,18,19)/b3-2+. The van der Waals surface area contributed by atoms with Crippen LogP contribution >= 0.6 is 0 Å². The lowest BCUT2D eigenvalue weighted by molar-refractivity contribution is -0.137. The van der Waals surface area contributed by atoms with E-state index in [1.54, 1.807) is 30.1 Å². The summed E-state index contributed by atoms with van der Waals surface area (Å²) in [6.07, 6.45) is 4.41. The fourth-order valence-corrected chi connectivity index (χ4v) is 1.17. The number of aryl methyl sites for hydroxylation is 1. The number of carbonyl (C=O) groups excluding carboxylic acids is 2. The van der Waals surface area contributed by atoms with Gasteiger partial charge in [-0.3, -0.25) is 19.1 Å². The molecule has 19 heavy (non-hydrogen) atoms. The van der Waals surface area contributed by atoms with E-state index in [4.69, 9.17) is 5.11 Å². The van der Waals surface area contributed by atoms with Crippen molar-refractivity contribution in [2.24, 2.45) is 7.05 Å². The molecule has 102 valence electrons. The first-order valence-corrected chi connectivity index (χ1v) is 5.41. The molecule has 0 fully saturated rings. The quantitative estimate of drug-likeness (QED) is 0.557. The van der Waals surface area contributed by atoms with E-state index in [9.17, 15) is 14.4 Å². The van der Waals surface area contributed by atoms with Crippen LogP contribution in [0, 0.1) is 0 Å². The van der Waals surface area contributed by atoms with Gasteiger partial charge in [0.15, 0.2) is 0 Å². The molecule has 0 saturated carbocycles. The molecule has 1 rings (SSSR count). The van der Waals surface area contributed by atoms with Gasteiger partial charge in [0, 0.05) is 19.3 Å². The Morgan fingerprint density at radius 2 is 2.11 bits per heavy atom. The molecule has 0 spiro atoms. The average molecular weight is 266 g/mol. The number of carboxylic acids is 1. The van der Waals surface area contributed by atoms with Gasteiger partial charge in [0.1, 0.15) is 6.54 Å². The van der Waals surface area contributed by atoms with Crippen LogP contribution in [-0.2, 0) is 21.4 Å². The Bertz CT molecular complexity index is 507. The number of rotatable bonds is 6. The highest BCUT2D eigenvalue weighted by molar-refractivity contribution is 5.94. The zero-order chi connectivity index (χ0) is 14.3. The van der Waals surface area contributed by atoms with Crippen LogP contribution < -0.4 is 10.6 Å². The van der Waals surface area contributed by atoms with Gasteiger partial charge >= 0.3 is 5.97 Å². The van der Waals surface area contributed by atoms with Crippen molar-refractivity contribution in [2.75, 3.05) is 13.1 Å². The Morgan fingerprint density at radius 3 is 2.68 bits per heavy atom. The summed E-state index contributed by atoms with van der Waals surface area (Å²) in [5, 5.41) is 16.7. The van der Waals surface area contributed by atoms with Crippen molar-refractivity contribution in [3.63, 3.8) is 0 Å². The van der Waals surface area contributed by atoms with Crippen molar-refractivity contribution in [2.45, 2.75) is 0 Å². The summed E-state index contributed by atoms with van der Waals surface area (Å²) < 4.78 is 1.59. The predicted octanol–water partition coefficient (Wildman–Crippen LogP) is -1.25. The van der Waals surface area contributed by atoms with Crippen LogP contribution in [0.1, 0.15) is 5.69 Å². The SMILES string of the molecule is Cn1nccc1/C=C/C(=O)NCC(=O)NCC(=O)O. The van der Waals surface area contributed by atoms with Gasteiger partial charge in [-0.05, 0) is 12.1 Å². The molecule has 2 amide bonds. The first kappa shape index (κ1) is 14.4. The Balaban J connectivity index is 2.32. The third kappa shape index (κ3) is 5.48. The Hall–Kier alpha value is -2.64. The zero-order valence-electron chi connectivity index (χ0n) is 10.3. The summed E-state index contributed by atoms with van der Waals surface area (Å²) in [4.78, 5) is 32.7. The van der Waals surface area contributed by atoms with Crippen molar-refractivity contribution in [1.82, 2.24) is 20.4 Å². The van der Waals surface area contributed by atoms with Crippen LogP contribution in [0.3, 0.4) is 0 Å². The van der Waals surface area contributed by atoms with E-state index in [2.05, 4.69) is 15.7 Å². The molecular formula is C11H14N4O4. The fourth-order valence-electron chi connectivity index (χ4n) is 1.17. The summed E-state index contributed by atoms with van der Waals surface area (Å²) in [7, 11) is 1.73. The van der Waals surface area contributed by atoms with E-state index in [1.165, 1.54) is 6.08 Å². The van der Waals surface area contributed by atoms with Gasteiger partial charge in [-0.2, -0.15) is 5.10 Å². The highest BCUT2D eigenvalue weighted by atomic mass is 16.4. The normalized spacial score (nSPS) is 10.4. The van der Waals surface area contributed by atoms with Crippen molar-refractivity contribution >= 4 is 23.9 Å². The number of hydrogen-bond donors (Lipinski definition) is 3. The van der Waals surface area contributed by atoms with Crippen molar-refractivity contribution in [3.05, 3.63) is 24.0 Å². The van der Waals surface area contributed by atoms with E-state index >= 15 is 0 Å². The molecule has 1 heterocycles. The number of nitrogens with zero attached hydrogens (tertiary/aromatic N) is 2. The minimum Gasteiger partial charge on any atom is -0.480 e. The molecule has 0 aliphatic rings. The van der Waals surface area contributed by atoms with Crippen LogP contribution in [0.5, 0.6) is 0 Å². The van der Waals surface area contributed by atoms with Crippen molar-refractivity contribution < 1.29 is 19.5 Å². The summed E-state index contributed by atoms with van der Waals surface area (Å²) >= 11 is 0. The second-order valence-electron chi connectivity index (χ2n) is 3.60. The summed E-state index contributed by atoms with van der Waals surface area (Å²) in [5.41, 5.74) is 0.741.